The van der Waals surface area contributed by atoms with E-state index in [2.05, 4.69) is 12.1 Å². The molecule has 1 fully saturated rings. The average Bonchev–Trinajstić information content (AvgIpc) is 2.62. The molecule has 1 rings (SSSR count). The quantitative estimate of drug-likeness (QED) is 0.184. The van der Waals surface area contributed by atoms with Crippen LogP contribution in [0.25, 0.3) is 0 Å². The first kappa shape index (κ1) is 21.5. The minimum absolute atomic E-state index is 0.584. The lowest BCUT2D eigenvalue weighted by atomic mass is 9.84. The lowest BCUT2D eigenvalue weighted by Gasteiger charge is -2.22. The van der Waals surface area contributed by atoms with Crippen LogP contribution in [-0.4, -0.2) is 10.9 Å². The summed E-state index contributed by atoms with van der Waals surface area (Å²) in [5, 5.41) is 12.6. The zero-order chi connectivity index (χ0) is 17.3. The van der Waals surface area contributed by atoms with Crippen molar-refractivity contribution in [1.82, 2.24) is 0 Å². The summed E-state index contributed by atoms with van der Waals surface area (Å²) >= 11 is 0. The predicted molar refractivity (Wildman–Crippen MR) is 106 cm³/mol. The third-order valence-electron chi connectivity index (χ3n) is 5.74. The van der Waals surface area contributed by atoms with Crippen LogP contribution in [0, 0.1) is 5.92 Å². The fourth-order valence-electron chi connectivity index (χ4n) is 4.10. The number of hydrogen-bond donors (Lipinski definition) is 1. The number of oxime groups is 1. The molecule has 2 heteroatoms. The second-order valence-electron chi connectivity index (χ2n) is 7.92. The van der Waals surface area contributed by atoms with Gasteiger partial charge in [0.1, 0.15) is 0 Å². The number of rotatable bonds is 15. The highest BCUT2D eigenvalue weighted by molar-refractivity contribution is 5.86. The summed E-state index contributed by atoms with van der Waals surface area (Å²) in [6.45, 7) is 2.29. The Kier molecular flexibility index (Phi) is 14.3. The van der Waals surface area contributed by atoms with Crippen molar-refractivity contribution in [3.8, 4) is 0 Å². The zero-order valence-corrected chi connectivity index (χ0v) is 16.4. The normalized spacial score (nSPS) is 19.9. The van der Waals surface area contributed by atoms with Crippen LogP contribution in [0.5, 0.6) is 0 Å². The van der Waals surface area contributed by atoms with E-state index < -0.39 is 0 Å². The van der Waals surface area contributed by atoms with Gasteiger partial charge in [-0.15, -0.1) is 0 Å². The van der Waals surface area contributed by atoms with Gasteiger partial charge in [0.15, 0.2) is 0 Å². The Morgan fingerprint density at radius 2 is 1.25 bits per heavy atom. The van der Waals surface area contributed by atoms with Crippen LogP contribution in [0.15, 0.2) is 5.16 Å². The van der Waals surface area contributed by atoms with Gasteiger partial charge in [0.05, 0.1) is 5.71 Å². The Morgan fingerprint density at radius 1 is 0.750 bits per heavy atom. The van der Waals surface area contributed by atoms with Gasteiger partial charge in [0.25, 0.3) is 0 Å². The van der Waals surface area contributed by atoms with Crippen molar-refractivity contribution in [2.24, 2.45) is 11.1 Å². The van der Waals surface area contributed by atoms with Gasteiger partial charge in [-0.1, -0.05) is 108 Å². The van der Waals surface area contributed by atoms with Crippen molar-refractivity contribution in [2.75, 3.05) is 0 Å². The van der Waals surface area contributed by atoms with Gasteiger partial charge in [0.2, 0.25) is 0 Å². The van der Waals surface area contributed by atoms with Gasteiger partial charge in [-0.3, -0.25) is 0 Å². The van der Waals surface area contributed by atoms with Gasteiger partial charge >= 0.3 is 0 Å². The van der Waals surface area contributed by atoms with Crippen molar-refractivity contribution in [3.05, 3.63) is 0 Å². The average molecular weight is 338 g/mol. The molecule has 0 amide bonds. The van der Waals surface area contributed by atoms with Crippen molar-refractivity contribution in [3.63, 3.8) is 0 Å². The highest BCUT2D eigenvalue weighted by Gasteiger charge is 2.20. The molecule has 0 aromatic carbocycles. The van der Waals surface area contributed by atoms with E-state index in [1.165, 1.54) is 116 Å². The maximum atomic E-state index is 9.06. The van der Waals surface area contributed by atoms with E-state index in [1.807, 2.05) is 0 Å². The Labute approximate surface area is 151 Å². The van der Waals surface area contributed by atoms with Crippen LogP contribution in [0.3, 0.4) is 0 Å². The molecule has 142 valence electrons. The summed E-state index contributed by atoms with van der Waals surface area (Å²) in [6.07, 6.45) is 26.0. The number of hydrogen-bond acceptors (Lipinski definition) is 2. The van der Waals surface area contributed by atoms with E-state index in [4.69, 9.17) is 5.21 Å². The van der Waals surface area contributed by atoms with Crippen LogP contribution in [0.1, 0.15) is 129 Å². The smallest absolute Gasteiger partial charge is 0.0601 e. The first-order valence-electron chi connectivity index (χ1n) is 11.1. The molecule has 2 nitrogen and oxygen atoms in total. The topological polar surface area (TPSA) is 32.6 Å². The minimum Gasteiger partial charge on any atom is -0.411 e. The molecule has 0 aliphatic heterocycles. The molecule has 1 unspecified atom stereocenters. The monoisotopic (exact) mass is 337 g/mol. The highest BCUT2D eigenvalue weighted by atomic mass is 16.4. The molecule has 1 N–H and O–H groups in total. The first-order valence-corrected chi connectivity index (χ1v) is 11.1. The molecule has 0 aromatic rings. The first-order chi connectivity index (χ1) is 11.9. The van der Waals surface area contributed by atoms with Gasteiger partial charge < -0.3 is 5.21 Å². The van der Waals surface area contributed by atoms with Crippen molar-refractivity contribution in [2.45, 2.75) is 129 Å². The molecule has 0 aromatic heterocycles. The molecule has 0 bridgehead atoms. The summed E-state index contributed by atoms with van der Waals surface area (Å²) < 4.78 is 0. The summed E-state index contributed by atoms with van der Waals surface area (Å²) in [5.74, 6) is 0.584. The van der Waals surface area contributed by atoms with Gasteiger partial charge in [0, 0.05) is 5.92 Å². The van der Waals surface area contributed by atoms with Crippen LogP contribution in [-0.2, 0) is 0 Å². The molecular weight excluding hydrogens is 294 g/mol. The maximum Gasteiger partial charge on any atom is 0.0601 e. The summed E-state index contributed by atoms with van der Waals surface area (Å²) in [7, 11) is 0. The molecule has 24 heavy (non-hydrogen) atoms. The van der Waals surface area contributed by atoms with Crippen LogP contribution in [0.2, 0.25) is 0 Å². The molecular formula is C22H43NO. The lowest BCUT2D eigenvalue weighted by molar-refractivity contribution is 0.307. The molecule has 1 atom stereocenters. The molecule has 1 aliphatic rings. The Morgan fingerprint density at radius 3 is 1.75 bits per heavy atom. The van der Waals surface area contributed by atoms with Crippen molar-refractivity contribution >= 4 is 5.71 Å². The molecule has 0 heterocycles. The highest BCUT2D eigenvalue weighted by Crippen LogP contribution is 2.26. The van der Waals surface area contributed by atoms with E-state index in [1.54, 1.807) is 0 Å². The second kappa shape index (κ2) is 16.0. The third-order valence-corrected chi connectivity index (χ3v) is 5.74. The molecule has 0 saturated heterocycles. The van der Waals surface area contributed by atoms with Crippen molar-refractivity contribution in [1.29, 1.82) is 0 Å². The summed E-state index contributed by atoms with van der Waals surface area (Å²) in [5.41, 5.74) is 1.08. The van der Waals surface area contributed by atoms with Gasteiger partial charge in [-0.25, -0.2) is 0 Å². The van der Waals surface area contributed by atoms with Crippen LogP contribution in [0.4, 0.5) is 0 Å². The van der Waals surface area contributed by atoms with E-state index in [-0.39, 0.29) is 0 Å². The fraction of sp³-hybridized carbons (Fsp3) is 0.955. The Bertz CT molecular complexity index is 300. The zero-order valence-electron chi connectivity index (χ0n) is 16.4. The van der Waals surface area contributed by atoms with E-state index in [0.29, 0.717) is 5.92 Å². The molecule has 0 spiro atoms. The third kappa shape index (κ3) is 11.1. The second-order valence-corrected chi connectivity index (χ2v) is 7.92. The predicted octanol–water partition coefficient (Wildman–Crippen LogP) is 7.88. The van der Waals surface area contributed by atoms with Gasteiger partial charge in [-0.05, 0) is 25.7 Å². The van der Waals surface area contributed by atoms with Gasteiger partial charge in [-0.2, -0.15) is 0 Å². The van der Waals surface area contributed by atoms with Crippen molar-refractivity contribution < 1.29 is 5.21 Å². The SMILES string of the molecule is CCCCCCCCCCCCCCCCC1CCCC/C1=N\O. The fourth-order valence-corrected chi connectivity index (χ4v) is 4.10. The summed E-state index contributed by atoms with van der Waals surface area (Å²) in [6, 6.07) is 0. The molecule has 1 saturated carbocycles. The minimum atomic E-state index is 0.584. The molecule has 0 radical (unpaired) electrons. The van der Waals surface area contributed by atoms with E-state index in [0.717, 1.165) is 12.1 Å². The van der Waals surface area contributed by atoms with Crippen LogP contribution < -0.4 is 0 Å². The standard InChI is InChI=1S/C22H43NO/c1-2-3-4-5-6-7-8-9-10-11-12-13-14-15-18-21-19-16-17-20-22(21)23-24/h21,24H,2-20H2,1H3/b23-22+. The Hall–Kier alpha value is -0.530. The summed E-state index contributed by atoms with van der Waals surface area (Å²) in [4.78, 5) is 0. The Balaban J connectivity index is 1.79. The number of nitrogens with zero attached hydrogens (tertiary/aromatic N) is 1. The molecule has 1 aliphatic carbocycles. The van der Waals surface area contributed by atoms with E-state index >= 15 is 0 Å². The maximum absolute atomic E-state index is 9.06. The lowest BCUT2D eigenvalue weighted by Crippen LogP contribution is -2.19. The largest absolute Gasteiger partial charge is 0.411 e. The number of unbranched alkanes of at least 4 members (excludes halogenated alkanes) is 13. The van der Waals surface area contributed by atoms with Crippen LogP contribution >= 0.6 is 0 Å². The van der Waals surface area contributed by atoms with E-state index in [9.17, 15) is 0 Å².